The monoisotopic (exact) mass is 408 g/mol. The second-order valence-electron chi connectivity index (χ2n) is 6.54. The topological polar surface area (TPSA) is 56.7 Å². The van der Waals surface area contributed by atoms with Gasteiger partial charge < -0.3 is 15.1 Å². The number of benzene rings is 1. The highest BCUT2D eigenvalue weighted by Gasteiger charge is 2.22. The summed E-state index contributed by atoms with van der Waals surface area (Å²) in [6.07, 6.45) is 1.21. The Bertz CT molecular complexity index is 801. The van der Waals surface area contributed by atoms with Gasteiger partial charge in [-0.25, -0.2) is 13.8 Å². The van der Waals surface area contributed by atoms with Crippen LogP contribution in [0.15, 0.2) is 23.2 Å². The minimum absolute atomic E-state index is 0.354. The van der Waals surface area contributed by atoms with Gasteiger partial charge in [-0.1, -0.05) is 6.92 Å². The summed E-state index contributed by atoms with van der Waals surface area (Å²) in [5.74, 6) is 0.886. The molecule has 1 aliphatic rings. The van der Waals surface area contributed by atoms with Crippen molar-refractivity contribution in [2.24, 2.45) is 4.99 Å². The van der Waals surface area contributed by atoms with Crippen molar-refractivity contribution >= 4 is 22.6 Å². The summed E-state index contributed by atoms with van der Waals surface area (Å²) in [4.78, 5) is 13.6. The van der Waals surface area contributed by atoms with E-state index in [0.29, 0.717) is 18.5 Å². The van der Waals surface area contributed by atoms with Crippen LogP contribution in [-0.4, -0.2) is 59.5 Å². The number of nitrogens with one attached hydrogen (secondary N) is 1. The van der Waals surface area contributed by atoms with Gasteiger partial charge in [-0.3, -0.25) is 4.99 Å². The fraction of sp³-hybridized carbons (Fsp3) is 0.526. The van der Waals surface area contributed by atoms with Gasteiger partial charge in [0.05, 0.1) is 0 Å². The van der Waals surface area contributed by atoms with Crippen molar-refractivity contribution in [2.45, 2.75) is 26.7 Å². The molecule has 1 saturated heterocycles. The maximum atomic E-state index is 13.8. The Morgan fingerprint density at radius 3 is 2.68 bits per heavy atom. The van der Waals surface area contributed by atoms with Crippen molar-refractivity contribution in [3.8, 4) is 0 Å². The quantitative estimate of drug-likeness (QED) is 0.588. The molecule has 1 aromatic carbocycles. The fourth-order valence-electron chi connectivity index (χ4n) is 3.07. The zero-order valence-corrected chi connectivity index (χ0v) is 17.1. The van der Waals surface area contributed by atoms with Gasteiger partial charge in [0.15, 0.2) is 5.96 Å². The number of anilines is 1. The highest BCUT2D eigenvalue weighted by Crippen LogP contribution is 2.19. The highest BCUT2D eigenvalue weighted by molar-refractivity contribution is 7.09. The van der Waals surface area contributed by atoms with Gasteiger partial charge in [0.1, 0.15) is 17.5 Å². The van der Waals surface area contributed by atoms with E-state index in [1.54, 1.807) is 0 Å². The first-order valence-corrected chi connectivity index (χ1v) is 10.4. The van der Waals surface area contributed by atoms with Crippen molar-refractivity contribution in [2.75, 3.05) is 44.2 Å². The molecule has 9 heteroatoms. The lowest BCUT2D eigenvalue weighted by molar-refractivity contribution is 0.372. The second kappa shape index (κ2) is 9.77. The molecule has 1 aromatic heterocycles. The van der Waals surface area contributed by atoms with E-state index in [1.165, 1.54) is 17.6 Å². The molecule has 3 rings (SSSR count). The van der Waals surface area contributed by atoms with E-state index in [4.69, 9.17) is 0 Å². The Balaban J connectivity index is 1.58. The number of halogens is 2. The van der Waals surface area contributed by atoms with Crippen LogP contribution in [0.4, 0.5) is 13.9 Å². The summed E-state index contributed by atoms with van der Waals surface area (Å²) in [5.41, 5.74) is 0.354. The Morgan fingerprint density at radius 2 is 2.00 bits per heavy atom. The lowest BCUT2D eigenvalue weighted by Gasteiger charge is -2.36. The highest BCUT2D eigenvalue weighted by atomic mass is 32.1. The number of hydrogen-bond donors (Lipinski definition) is 1. The first-order chi connectivity index (χ1) is 13.6. The normalized spacial score (nSPS) is 15.2. The lowest BCUT2D eigenvalue weighted by Crippen LogP contribution is -2.52. The van der Waals surface area contributed by atoms with E-state index in [1.807, 2.05) is 6.92 Å². The predicted molar refractivity (Wildman–Crippen MR) is 109 cm³/mol. The SMILES string of the molecule is CCNC(=NCCc1cc(F)ccc1F)N1CCN(c2nc(CC)ns2)CC1. The molecule has 0 bridgehead atoms. The van der Waals surface area contributed by atoms with Crippen LogP contribution in [0.25, 0.3) is 0 Å². The molecule has 0 saturated carbocycles. The zero-order chi connectivity index (χ0) is 19.9. The molecule has 28 heavy (non-hydrogen) atoms. The Labute approximate surface area is 168 Å². The molecule has 6 nitrogen and oxygen atoms in total. The van der Waals surface area contributed by atoms with E-state index in [-0.39, 0.29) is 0 Å². The van der Waals surface area contributed by atoms with Crippen molar-refractivity contribution in [1.82, 2.24) is 19.6 Å². The Morgan fingerprint density at radius 1 is 1.21 bits per heavy atom. The Kier molecular flexibility index (Phi) is 7.13. The second-order valence-corrected chi connectivity index (χ2v) is 7.27. The molecule has 1 fully saturated rings. The van der Waals surface area contributed by atoms with Gasteiger partial charge in [0, 0.05) is 57.2 Å². The van der Waals surface area contributed by atoms with Crippen LogP contribution in [0, 0.1) is 11.6 Å². The van der Waals surface area contributed by atoms with Crippen molar-refractivity contribution in [3.63, 3.8) is 0 Å². The number of piperazine rings is 1. The molecule has 152 valence electrons. The zero-order valence-electron chi connectivity index (χ0n) is 16.3. The van der Waals surface area contributed by atoms with E-state index >= 15 is 0 Å². The van der Waals surface area contributed by atoms with Crippen LogP contribution in [0.3, 0.4) is 0 Å². The largest absolute Gasteiger partial charge is 0.357 e. The predicted octanol–water partition coefficient (Wildman–Crippen LogP) is 2.71. The van der Waals surface area contributed by atoms with Gasteiger partial charge in [0.25, 0.3) is 0 Å². The van der Waals surface area contributed by atoms with Crippen LogP contribution in [0.2, 0.25) is 0 Å². The summed E-state index contributed by atoms with van der Waals surface area (Å²) in [6, 6.07) is 3.53. The summed E-state index contributed by atoms with van der Waals surface area (Å²) < 4.78 is 31.4. The number of rotatable bonds is 6. The van der Waals surface area contributed by atoms with Gasteiger partial charge in [-0.05, 0) is 37.1 Å². The summed E-state index contributed by atoms with van der Waals surface area (Å²) in [6.45, 7) is 8.57. The number of aliphatic imine (C=N–C) groups is 1. The standard InChI is InChI=1S/C19H26F2N6S/c1-3-17-24-19(28-25-17)27-11-9-26(10-12-27)18(22-4-2)23-8-7-14-13-15(20)5-6-16(14)21/h5-6,13H,3-4,7-12H2,1-2H3,(H,22,23). The third-order valence-electron chi connectivity index (χ3n) is 4.61. The number of guanidine groups is 1. The van der Waals surface area contributed by atoms with Gasteiger partial charge in [-0.2, -0.15) is 4.37 Å². The number of aromatic nitrogens is 2. The lowest BCUT2D eigenvalue weighted by atomic mass is 10.1. The van der Waals surface area contributed by atoms with E-state index in [9.17, 15) is 8.78 Å². The molecule has 1 N–H and O–H groups in total. The number of aryl methyl sites for hydroxylation is 1. The molecule has 2 heterocycles. The molecule has 0 radical (unpaired) electrons. The first kappa shape index (κ1) is 20.4. The molecule has 0 atom stereocenters. The van der Waals surface area contributed by atoms with Crippen LogP contribution in [0.1, 0.15) is 25.2 Å². The first-order valence-electron chi connectivity index (χ1n) is 9.65. The summed E-state index contributed by atoms with van der Waals surface area (Å²) in [5, 5.41) is 4.27. The Hall–Kier alpha value is -2.29. The minimum Gasteiger partial charge on any atom is -0.357 e. The van der Waals surface area contributed by atoms with Crippen LogP contribution < -0.4 is 10.2 Å². The molecular weight excluding hydrogens is 382 g/mol. The molecule has 0 amide bonds. The fourth-order valence-corrected chi connectivity index (χ4v) is 3.87. The number of nitrogens with zero attached hydrogens (tertiary/aromatic N) is 5. The van der Waals surface area contributed by atoms with Crippen molar-refractivity contribution in [1.29, 1.82) is 0 Å². The van der Waals surface area contributed by atoms with Gasteiger partial charge in [0.2, 0.25) is 5.13 Å². The van der Waals surface area contributed by atoms with Crippen LogP contribution >= 0.6 is 11.5 Å². The molecule has 0 unspecified atom stereocenters. The third-order valence-corrected chi connectivity index (χ3v) is 5.42. The third kappa shape index (κ3) is 5.15. The van der Waals surface area contributed by atoms with Crippen LogP contribution in [-0.2, 0) is 12.8 Å². The maximum Gasteiger partial charge on any atom is 0.205 e. The van der Waals surface area contributed by atoms with Crippen molar-refractivity contribution < 1.29 is 8.78 Å². The van der Waals surface area contributed by atoms with E-state index in [2.05, 4.69) is 36.4 Å². The number of hydrogen-bond acceptors (Lipinski definition) is 5. The maximum absolute atomic E-state index is 13.8. The van der Waals surface area contributed by atoms with Gasteiger partial charge >= 0.3 is 0 Å². The van der Waals surface area contributed by atoms with E-state index in [0.717, 1.165) is 68.2 Å². The van der Waals surface area contributed by atoms with Crippen LogP contribution in [0.5, 0.6) is 0 Å². The average molecular weight is 409 g/mol. The minimum atomic E-state index is -0.425. The van der Waals surface area contributed by atoms with E-state index < -0.39 is 11.6 Å². The molecule has 0 aliphatic carbocycles. The van der Waals surface area contributed by atoms with Crippen molar-refractivity contribution in [3.05, 3.63) is 41.2 Å². The molecule has 1 aliphatic heterocycles. The summed E-state index contributed by atoms with van der Waals surface area (Å²) in [7, 11) is 0. The summed E-state index contributed by atoms with van der Waals surface area (Å²) >= 11 is 1.45. The molecule has 2 aromatic rings. The average Bonchev–Trinajstić information content (AvgIpc) is 3.19. The molecule has 0 spiro atoms. The molecular formula is C19H26F2N6S. The van der Waals surface area contributed by atoms with Gasteiger partial charge in [-0.15, -0.1) is 0 Å². The smallest absolute Gasteiger partial charge is 0.205 e.